The van der Waals surface area contributed by atoms with Crippen molar-refractivity contribution in [3.8, 4) is 0 Å². The highest BCUT2D eigenvalue weighted by Crippen LogP contribution is 2.50. The third kappa shape index (κ3) is 3.83. The summed E-state index contributed by atoms with van der Waals surface area (Å²) in [5.41, 5.74) is 0.808. The molecule has 3 rings (SSSR count). The van der Waals surface area contributed by atoms with Crippen LogP contribution in [-0.4, -0.2) is 11.8 Å². The van der Waals surface area contributed by atoms with E-state index in [2.05, 4.69) is 30.3 Å². The van der Waals surface area contributed by atoms with Gasteiger partial charge in [-0.2, -0.15) is 0 Å². The Kier molecular flexibility index (Phi) is 5.51. The van der Waals surface area contributed by atoms with Gasteiger partial charge < -0.3 is 4.52 Å². The van der Waals surface area contributed by atoms with Crippen LogP contribution in [-0.2, 0) is 4.52 Å². The molecule has 1 atom stereocenters. The van der Waals surface area contributed by atoms with Gasteiger partial charge in [0, 0.05) is 11.0 Å². The molecule has 2 heteroatoms. The zero-order valence-corrected chi connectivity index (χ0v) is 13.4. The number of hydrogen-bond acceptors (Lipinski definition) is 1. The lowest BCUT2D eigenvalue weighted by atomic mass is 9.98. The van der Waals surface area contributed by atoms with Crippen LogP contribution in [0.3, 0.4) is 0 Å². The average Bonchev–Trinajstić information content (AvgIpc) is 2.55. The maximum Gasteiger partial charge on any atom is 0.0639 e. The van der Waals surface area contributed by atoms with Crippen molar-refractivity contribution in [2.75, 3.05) is 0 Å². The SMILES string of the molecule is c1ccc(P(OC2CCCCC2)C2CCCCC2)cc1. The topological polar surface area (TPSA) is 9.23 Å². The van der Waals surface area contributed by atoms with E-state index >= 15 is 0 Å². The first-order valence-corrected chi connectivity index (χ1v) is 9.77. The van der Waals surface area contributed by atoms with E-state index in [4.69, 9.17) is 4.52 Å². The summed E-state index contributed by atoms with van der Waals surface area (Å²) in [5.74, 6) is 0. The van der Waals surface area contributed by atoms with Crippen LogP contribution in [0.5, 0.6) is 0 Å². The van der Waals surface area contributed by atoms with Crippen molar-refractivity contribution in [2.24, 2.45) is 0 Å². The molecular weight excluding hydrogens is 263 g/mol. The monoisotopic (exact) mass is 290 g/mol. The molecule has 2 fully saturated rings. The normalized spacial score (nSPS) is 23.6. The van der Waals surface area contributed by atoms with Crippen molar-refractivity contribution in [2.45, 2.75) is 76.0 Å². The van der Waals surface area contributed by atoms with Crippen molar-refractivity contribution >= 4 is 13.5 Å². The lowest BCUT2D eigenvalue weighted by molar-refractivity contribution is 0.171. The molecule has 110 valence electrons. The molecular formula is C18H27OP. The van der Waals surface area contributed by atoms with Crippen LogP contribution in [0.15, 0.2) is 30.3 Å². The second kappa shape index (κ2) is 7.57. The molecule has 0 saturated heterocycles. The van der Waals surface area contributed by atoms with Gasteiger partial charge >= 0.3 is 0 Å². The van der Waals surface area contributed by atoms with Crippen molar-refractivity contribution < 1.29 is 4.52 Å². The second-order valence-electron chi connectivity index (χ2n) is 6.32. The predicted molar refractivity (Wildman–Crippen MR) is 87.8 cm³/mol. The van der Waals surface area contributed by atoms with E-state index in [1.807, 2.05) is 0 Å². The molecule has 2 saturated carbocycles. The maximum atomic E-state index is 6.68. The minimum absolute atomic E-state index is 0.397. The molecule has 0 radical (unpaired) electrons. The maximum absolute atomic E-state index is 6.68. The molecule has 0 spiro atoms. The smallest absolute Gasteiger partial charge is 0.0639 e. The van der Waals surface area contributed by atoms with Crippen molar-refractivity contribution in [1.29, 1.82) is 0 Å². The van der Waals surface area contributed by atoms with Crippen LogP contribution in [0.4, 0.5) is 0 Å². The van der Waals surface area contributed by atoms with Crippen LogP contribution in [0.25, 0.3) is 0 Å². The first-order chi connectivity index (χ1) is 9.93. The van der Waals surface area contributed by atoms with Gasteiger partial charge in [0.05, 0.1) is 14.3 Å². The highest BCUT2D eigenvalue weighted by Gasteiger charge is 2.29. The van der Waals surface area contributed by atoms with Crippen LogP contribution in [0.2, 0.25) is 0 Å². The summed E-state index contributed by atoms with van der Waals surface area (Å²) in [5, 5.41) is 1.47. The molecule has 0 bridgehead atoms. The zero-order chi connectivity index (χ0) is 13.6. The Hall–Kier alpha value is -0.390. The van der Waals surface area contributed by atoms with Gasteiger partial charge in [0.1, 0.15) is 0 Å². The van der Waals surface area contributed by atoms with E-state index in [0.29, 0.717) is 6.10 Å². The number of benzene rings is 1. The Morgan fingerprint density at radius 3 is 2.00 bits per heavy atom. The van der Waals surface area contributed by atoms with Crippen molar-refractivity contribution in [1.82, 2.24) is 0 Å². The standard InChI is InChI=1S/C18H27OP/c1-4-10-16(11-5-1)19-20(17-12-6-2-7-13-17)18-14-8-3-9-15-18/h2,6-7,12-13,16,18H,1,3-5,8-11,14-15H2. The second-order valence-corrected chi connectivity index (χ2v) is 8.43. The van der Waals surface area contributed by atoms with Crippen molar-refractivity contribution in [3.63, 3.8) is 0 Å². The molecule has 2 aliphatic carbocycles. The van der Waals surface area contributed by atoms with Crippen molar-refractivity contribution in [3.05, 3.63) is 30.3 Å². The molecule has 0 heterocycles. The summed E-state index contributed by atoms with van der Waals surface area (Å²) < 4.78 is 6.68. The highest BCUT2D eigenvalue weighted by atomic mass is 31.1. The molecule has 20 heavy (non-hydrogen) atoms. The lowest BCUT2D eigenvalue weighted by Gasteiger charge is -2.34. The summed E-state index contributed by atoms with van der Waals surface area (Å²) in [6.07, 6.45) is 14.3. The molecule has 0 aromatic heterocycles. The number of hydrogen-bond donors (Lipinski definition) is 0. The fourth-order valence-corrected chi connectivity index (χ4v) is 6.13. The summed E-state index contributed by atoms with van der Waals surface area (Å²) in [6, 6.07) is 11.1. The van der Waals surface area contributed by atoms with Gasteiger partial charge in [0.15, 0.2) is 0 Å². The van der Waals surface area contributed by atoms with Crippen LogP contribution in [0.1, 0.15) is 64.2 Å². The Morgan fingerprint density at radius 1 is 0.750 bits per heavy atom. The lowest BCUT2D eigenvalue weighted by Crippen LogP contribution is -2.23. The Bertz CT molecular complexity index is 380. The van der Waals surface area contributed by atoms with Gasteiger partial charge in [0.25, 0.3) is 0 Å². The highest BCUT2D eigenvalue weighted by molar-refractivity contribution is 7.61. The largest absolute Gasteiger partial charge is 0.351 e. The molecule has 0 aliphatic heterocycles. The molecule has 1 aromatic carbocycles. The van der Waals surface area contributed by atoms with Gasteiger partial charge in [-0.05, 0) is 25.7 Å². The summed E-state index contributed by atoms with van der Waals surface area (Å²) >= 11 is 0. The molecule has 1 nitrogen and oxygen atoms in total. The Morgan fingerprint density at radius 2 is 1.35 bits per heavy atom. The predicted octanol–water partition coefficient (Wildman–Crippen LogP) is 5.39. The molecule has 1 unspecified atom stereocenters. The van der Waals surface area contributed by atoms with E-state index in [1.165, 1.54) is 69.5 Å². The molecule has 2 aliphatic rings. The van der Waals surface area contributed by atoms with Gasteiger partial charge in [0.2, 0.25) is 0 Å². The van der Waals surface area contributed by atoms with E-state index in [1.54, 1.807) is 0 Å². The van der Waals surface area contributed by atoms with E-state index in [0.717, 1.165) is 5.66 Å². The Balaban J connectivity index is 1.72. The quantitative estimate of drug-likeness (QED) is 0.675. The number of rotatable bonds is 4. The van der Waals surface area contributed by atoms with Crippen LogP contribution in [0, 0.1) is 0 Å². The van der Waals surface area contributed by atoms with E-state index in [9.17, 15) is 0 Å². The van der Waals surface area contributed by atoms with Crippen LogP contribution < -0.4 is 5.30 Å². The third-order valence-electron chi connectivity index (χ3n) is 4.73. The fourth-order valence-electron chi connectivity index (χ4n) is 3.58. The first kappa shape index (κ1) is 14.5. The summed E-state index contributed by atoms with van der Waals surface area (Å²) in [6.45, 7) is 0. The fraction of sp³-hybridized carbons (Fsp3) is 0.667. The van der Waals surface area contributed by atoms with Gasteiger partial charge in [-0.1, -0.05) is 68.9 Å². The van der Waals surface area contributed by atoms with Gasteiger partial charge in [-0.25, -0.2) is 0 Å². The Labute approximate surface area is 124 Å². The molecule has 1 aromatic rings. The van der Waals surface area contributed by atoms with Gasteiger partial charge in [-0.3, -0.25) is 0 Å². The minimum Gasteiger partial charge on any atom is -0.351 e. The third-order valence-corrected chi connectivity index (χ3v) is 7.24. The summed E-state index contributed by atoms with van der Waals surface area (Å²) in [7, 11) is -0.397. The first-order valence-electron chi connectivity index (χ1n) is 8.44. The van der Waals surface area contributed by atoms with E-state index in [-0.39, 0.29) is 0 Å². The van der Waals surface area contributed by atoms with Gasteiger partial charge in [-0.15, -0.1) is 0 Å². The summed E-state index contributed by atoms with van der Waals surface area (Å²) in [4.78, 5) is 0. The zero-order valence-electron chi connectivity index (χ0n) is 12.5. The van der Waals surface area contributed by atoms with E-state index < -0.39 is 8.15 Å². The molecule has 0 N–H and O–H groups in total. The average molecular weight is 290 g/mol. The van der Waals surface area contributed by atoms with Crippen LogP contribution >= 0.6 is 8.15 Å². The molecule has 0 amide bonds. The minimum atomic E-state index is -0.397.